The zero-order chi connectivity index (χ0) is 7.40. The summed E-state index contributed by atoms with van der Waals surface area (Å²) >= 11 is 0. The molecule has 1 saturated carbocycles. The summed E-state index contributed by atoms with van der Waals surface area (Å²) in [6, 6.07) is 0. The van der Waals surface area contributed by atoms with Crippen LogP contribution >= 0.6 is 0 Å². The van der Waals surface area contributed by atoms with Crippen LogP contribution in [0.4, 0.5) is 0 Å². The van der Waals surface area contributed by atoms with Gasteiger partial charge in [-0.05, 0) is 19.1 Å². The molecule has 0 aromatic heterocycles. The molecule has 0 aromatic carbocycles. The minimum atomic E-state index is -0.830. The molecule has 0 N–H and O–H groups in total. The minimum Gasteiger partial charge on any atom is -0.831 e. The Bertz CT molecular complexity index is 85.3. The number of hydrogen-bond acceptors (Lipinski definition) is 2. The van der Waals surface area contributed by atoms with Crippen LogP contribution in [0.5, 0.6) is 0 Å². The Kier molecular flexibility index (Phi) is 3.16. The summed E-state index contributed by atoms with van der Waals surface area (Å²) in [6.07, 6.45) is 5.39. The maximum absolute atomic E-state index is 10.6. The monoisotopic (exact) mass is 143 g/mol. The third-order valence-electron chi connectivity index (χ3n) is 1.94. The van der Waals surface area contributed by atoms with Crippen LogP contribution in [-0.2, 0) is 4.74 Å². The summed E-state index contributed by atoms with van der Waals surface area (Å²) in [4.78, 5) is 0. The molecule has 60 valence electrons. The molecule has 1 atom stereocenters. The molecular formula is C8H15O2-. The lowest BCUT2D eigenvalue weighted by Gasteiger charge is -2.28. The van der Waals surface area contributed by atoms with E-state index < -0.39 is 6.29 Å². The molecule has 2 heteroatoms. The molecule has 0 radical (unpaired) electrons. The van der Waals surface area contributed by atoms with Crippen molar-refractivity contribution in [1.82, 2.24) is 0 Å². The van der Waals surface area contributed by atoms with Gasteiger partial charge in [0, 0.05) is 0 Å². The third-order valence-corrected chi connectivity index (χ3v) is 1.94. The van der Waals surface area contributed by atoms with E-state index in [-0.39, 0.29) is 6.10 Å². The van der Waals surface area contributed by atoms with E-state index in [2.05, 4.69) is 0 Å². The molecule has 0 saturated heterocycles. The molecule has 0 spiro atoms. The van der Waals surface area contributed by atoms with Gasteiger partial charge in [-0.3, -0.25) is 0 Å². The van der Waals surface area contributed by atoms with E-state index >= 15 is 0 Å². The van der Waals surface area contributed by atoms with Gasteiger partial charge in [0.05, 0.1) is 6.10 Å². The summed E-state index contributed by atoms with van der Waals surface area (Å²) in [5.41, 5.74) is 0. The highest BCUT2D eigenvalue weighted by atomic mass is 16.6. The van der Waals surface area contributed by atoms with Gasteiger partial charge in [-0.2, -0.15) is 0 Å². The van der Waals surface area contributed by atoms with E-state index in [0.717, 1.165) is 12.8 Å². The molecule has 10 heavy (non-hydrogen) atoms. The zero-order valence-electron chi connectivity index (χ0n) is 6.51. The molecular weight excluding hydrogens is 128 g/mol. The molecule has 2 nitrogen and oxygen atoms in total. The standard InChI is InChI=1S/C8H15O2/c1-7(9)10-8-5-3-2-4-6-8/h7-8H,2-6H2,1H3/q-1. The van der Waals surface area contributed by atoms with Crippen LogP contribution in [0.2, 0.25) is 0 Å². The second-order valence-corrected chi connectivity index (χ2v) is 2.96. The maximum atomic E-state index is 10.6. The second-order valence-electron chi connectivity index (χ2n) is 2.96. The first-order valence-corrected chi connectivity index (χ1v) is 4.10. The van der Waals surface area contributed by atoms with E-state index in [4.69, 9.17) is 4.74 Å². The average Bonchev–Trinajstić information content (AvgIpc) is 1.88. The fraction of sp³-hybridized carbons (Fsp3) is 1.00. The first-order chi connectivity index (χ1) is 4.79. The highest BCUT2D eigenvalue weighted by Gasteiger charge is 2.12. The Morgan fingerprint density at radius 2 is 1.90 bits per heavy atom. The highest BCUT2D eigenvalue weighted by Crippen LogP contribution is 2.20. The predicted octanol–water partition coefficient (Wildman–Crippen LogP) is 1.04. The van der Waals surface area contributed by atoms with Crippen LogP contribution in [0, 0.1) is 0 Å². The smallest absolute Gasteiger partial charge is 0.0560 e. The maximum Gasteiger partial charge on any atom is 0.0560 e. The van der Waals surface area contributed by atoms with Crippen LogP contribution in [0.1, 0.15) is 39.0 Å². The van der Waals surface area contributed by atoms with Gasteiger partial charge in [0.15, 0.2) is 0 Å². The highest BCUT2D eigenvalue weighted by molar-refractivity contribution is 4.64. The first-order valence-electron chi connectivity index (χ1n) is 4.10. The van der Waals surface area contributed by atoms with Crippen LogP contribution in [-0.4, -0.2) is 12.4 Å². The molecule has 0 bridgehead atoms. The Morgan fingerprint density at radius 3 is 2.40 bits per heavy atom. The molecule has 0 aliphatic heterocycles. The molecule has 1 aliphatic carbocycles. The van der Waals surface area contributed by atoms with Gasteiger partial charge < -0.3 is 9.84 Å². The quantitative estimate of drug-likeness (QED) is 0.541. The summed E-state index contributed by atoms with van der Waals surface area (Å²) in [5, 5.41) is 10.6. The van der Waals surface area contributed by atoms with Crippen molar-refractivity contribution >= 4 is 0 Å². The molecule has 1 aliphatic rings. The molecule has 1 unspecified atom stereocenters. The van der Waals surface area contributed by atoms with Gasteiger partial charge >= 0.3 is 0 Å². The number of rotatable bonds is 2. The second kappa shape index (κ2) is 3.94. The van der Waals surface area contributed by atoms with Crippen molar-refractivity contribution in [2.24, 2.45) is 0 Å². The molecule has 1 fully saturated rings. The molecule has 0 amide bonds. The van der Waals surface area contributed by atoms with Crippen molar-refractivity contribution in [3.8, 4) is 0 Å². The van der Waals surface area contributed by atoms with Crippen molar-refractivity contribution < 1.29 is 9.84 Å². The lowest BCUT2D eigenvalue weighted by atomic mass is 9.98. The predicted molar refractivity (Wildman–Crippen MR) is 37.4 cm³/mol. The Hall–Kier alpha value is -0.0800. The SMILES string of the molecule is CC([O-])OC1CCCCC1. The Balaban J connectivity index is 2.13. The topological polar surface area (TPSA) is 32.3 Å². The first kappa shape index (κ1) is 8.02. The molecule has 1 rings (SSSR count). The van der Waals surface area contributed by atoms with Gasteiger partial charge in [0.1, 0.15) is 0 Å². The van der Waals surface area contributed by atoms with Crippen LogP contribution < -0.4 is 5.11 Å². The average molecular weight is 143 g/mol. The normalized spacial score (nSPS) is 24.6. The summed E-state index contributed by atoms with van der Waals surface area (Å²) in [5.74, 6) is 0. The van der Waals surface area contributed by atoms with E-state index in [9.17, 15) is 5.11 Å². The van der Waals surface area contributed by atoms with Gasteiger partial charge in [-0.25, -0.2) is 0 Å². The van der Waals surface area contributed by atoms with Crippen molar-refractivity contribution in [3.05, 3.63) is 0 Å². The van der Waals surface area contributed by atoms with Crippen LogP contribution in [0.3, 0.4) is 0 Å². The van der Waals surface area contributed by atoms with Crippen LogP contribution in [0.15, 0.2) is 0 Å². The Labute approximate surface area is 62.2 Å². The van der Waals surface area contributed by atoms with Gasteiger partial charge in [0.2, 0.25) is 0 Å². The third kappa shape index (κ3) is 2.67. The van der Waals surface area contributed by atoms with Crippen molar-refractivity contribution in [1.29, 1.82) is 0 Å². The van der Waals surface area contributed by atoms with Gasteiger partial charge in [-0.15, -0.1) is 0 Å². The summed E-state index contributed by atoms with van der Waals surface area (Å²) in [6.45, 7) is 1.56. The van der Waals surface area contributed by atoms with Crippen molar-refractivity contribution in [2.75, 3.05) is 0 Å². The van der Waals surface area contributed by atoms with Crippen LogP contribution in [0.25, 0.3) is 0 Å². The largest absolute Gasteiger partial charge is 0.831 e. The summed E-state index contributed by atoms with van der Waals surface area (Å²) in [7, 11) is 0. The lowest BCUT2D eigenvalue weighted by Crippen LogP contribution is -2.31. The fourth-order valence-electron chi connectivity index (χ4n) is 1.47. The van der Waals surface area contributed by atoms with Crippen molar-refractivity contribution in [3.63, 3.8) is 0 Å². The Morgan fingerprint density at radius 1 is 1.30 bits per heavy atom. The number of ether oxygens (including phenoxy) is 1. The summed E-state index contributed by atoms with van der Waals surface area (Å²) < 4.78 is 5.14. The lowest BCUT2D eigenvalue weighted by molar-refractivity contribution is -0.491. The molecule has 0 aromatic rings. The zero-order valence-corrected chi connectivity index (χ0v) is 6.51. The van der Waals surface area contributed by atoms with E-state index in [1.807, 2.05) is 0 Å². The van der Waals surface area contributed by atoms with E-state index in [0.29, 0.717) is 0 Å². The minimum absolute atomic E-state index is 0.265. The van der Waals surface area contributed by atoms with E-state index in [1.54, 1.807) is 6.92 Å². The fourth-order valence-corrected chi connectivity index (χ4v) is 1.47. The van der Waals surface area contributed by atoms with Gasteiger partial charge in [-0.1, -0.05) is 26.2 Å². The molecule has 0 heterocycles. The number of hydrogen-bond donors (Lipinski definition) is 0. The van der Waals surface area contributed by atoms with E-state index in [1.165, 1.54) is 19.3 Å². The van der Waals surface area contributed by atoms with Crippen molar-refractivity contribution in [2.45, 2.75) is 51.4 Å². The van der Waals surface area contributed by atoms with Gasteiger partial charge in [0.25, 0.3) is 0 Å².